The van der Waals surface area contributed by atoms with Gasteiger partial charge in [0.05, 0.1) is 11.4 Å². The van der Waals surface area contributed by atoms with Crippen molar-refractivity contribution in [3.8, 4) is 0 Å². The number of amides is 3. The first-order valence-electron chi connectivity index (χ1n) is 9.43. The lowest BCUT2D eigenvalue weighted by molar-refractivity contribution is -0.132. The average Bonchev–Trinajstić information content (AvgIpc) is 2.68. The van der Waals surface area contributed by atoms with E-state index in [0.717, 1.165) is 31.9 Å². The fraction of sp³-hybridized carbons (Fsp3) is 0.286. The largest absolute Gasteiger partial charge is 0.367 e. The number of nitrogens with two attached hydrogens (primary N) is 1. The van der Waals surface area contributed by atoms with Crippen LogP contribution in [0.2, 0.25) is 0 Å². The van der Waals surface area contributed by atoms with E-state index >= 15 is 0 Å². The summed E-state index contributed by atoms with van der Waals surface area (Å²) in [6.45, 7) is 2.89. The molecule has 1 aliphatic rings. The molecule has 0 radical (unpaired) electrons. The summed E-state index contributed by atoms with van der Waals surface area (Å²) in [6, 6.07) is 10.3. The van der Waals surface area contributed by atoms with E-state index < -0.39 is 23.5 Å². The molecule has 2 aromatic carbocycles. The minimum atomic E-state index is -0.947. The Morgan fingerprint density at radius 3 is 2.52 bits per heavy atom. The lowest BCUT2D eigenvalue weighted by atomic mass is 10.0. The highest BCUT2D eigenvalue weighted by molar-refractivity contribution is 6.44. The molecule has 2 aromatic rings. The molecule has 3 rings (SSSR count). The third-order valence-electron chi connectivity index (χ3n) is 4.93. The van der Waals surface area contributed by atoms with E-state index in [4.69, 9.17) is 5.73 Å². The van der Waals surface area contributed by atoms with Gasteiger partial charge >= 0.3 is 11.8 Å². The molecule has 1 saturated heterocycles. The highest BCUT2D eigenvalue weighted by Gasteiger charge is 2.24. The van der Waals surface area contributed by atoms with Gasteiger partial charge in [0.15, 0.2) is 0 Å². The van der Waals surface area contributed by atoms with Crippen molar-refractivity contribution in [3.05, 3.63) is 53.8 Å². The Morgan fingerprint density at radius 1 is 1.07 bits per heavy atom. The predicted molar refractivity (Wildman–Crippen MR) is 109 cm³/mol. The van der Waals surface area contributed by atoms with Crippen LogP contribution < -0.4 is 21.3 Å². The Bertz CT molecular complexity index is 947. The van der Waals surface area contributed by atoms with Crippen LogP contribution in [0.1, 0.15) is 36.5 Å². The summed E-state index contributed by atoms with van der Waals surface area (Å²) in [5, 5.41) is 4.92. The molecular formula is C21H23FN4O3. The van der Waals surface area contributed by atoms with Gasteiger partial charge in [-0.15, -0.1) is 0 Å². The number of benzene rings is 2. The van der Waals surface area contributed by atoms with E-state index in [0.29, 0.717) is 11.4 Å². The van der Waals surface area contributed by atoms with Gasteiger partial charge in [0, 0.05) is 23.8 Å². The maximum absolute atomic E-state index is 13.3. The summed E-state index contributed by atoms with van der Waals surface area (Å²) in [5.74, 6) is -3.04. The number of halogens is 1. The molecule has 3 amide bonds. The van der Waals surface area contributed by atoms with E-state index in [1.165, 1.54) is 24.3 Å². The van der Waals surface area contributed by atoms with Gasteiger partial charge in [0.2, 0.25) is 5.91 Å². The van der Waals surface area contributed by atoms with Crippen LogP contribution in [0, 0.1) is 5.82 Å². The van der Waals surface area contributed by atoms with Gasteiger partial charge in [0.25, 0.3) is 0 Å². The van der Waals surface area contributed by atoms with Gasteiger partial charge in [-0.25, -0.2) is 4.39 Å². The molecular weight excluding hydrogens is 375 g/mol. The summed E-state index contributed by atoms with van der Waals surface area (Å²) in [5.41, 5.74) is 6.80. The van der Waals surface area contributed by atoms with Crippen molar-refractivity contribution >= 4 is 34.8 Å². The number of nitrogens with one attached hydrogen (secondary N) is 2. The number of anilines is 3. The van der Waals surface area contributed by atoms with Crippen molar-refractivity contribution < 1.29 is 18.8 Å². The molecule has 7 nitrogen and oxygen atoms in total. The number of primary amides is 1. The average molecular weight is 398 g/mol. The minimum Gasteiger partial charge on any atom is -0.367 e. The first-order chi connectivity index (χ1) is 13.8. The molecule has 0 aliphatic carbocycles. The van der Waals surface area contributed by atoms with E-state index in [1.807, 2.05) is 0 Å². The fourth-order valence-corrected chi connectivity index (χ4v) is 3.43. The standard InChI is InChI=1S/C21H23FN4O3/c1-13-5-2-3-10-26(13)18-9-8-14(19(23)27)11-17(18)25-21(29)20(28)24-16-7-4-6-15(22)12-16/h4,6-9,11-13H,2-3,5,10H2,1H3,(H2,23,27)(H,24,28)(H,25,29)/t13-/m1/s1. The first-order valence-corrected chi connectivity index (χ1v) is 9.43. The van der Waals surface area contributed by atoms with Crippen molar-refractivity contribution in [3.63, 3.8) is 0 Å². The van der Waals surface area contributed by atoms with Crippen LogP contribution in [-0.2, 0) is 9.59 Å². The lowest BCUT2D eigenvalue weighted by Gasteiger charge is -2.36. The maximum Gasteiger partial charge on any atom is 0.314 e. The van der Waals surface area contributed by atoms with Gasteiger partial charge in [-0.1, -0.05) is 6.07 Å². The van der Waals surface area contributed by atoms with Crippen molar-refractivity contribution in [2.24, 2.45) is 5.73 Å². The third kappa shape index (κ3) is 4.90. The molecule has 152 valence electrons. The van der Waals surface area contributed by atoms with Crippen LogP contribution >= 0.6 is 0 Å². The number of rotatable bonds is 4. The summed E-state index contributed by atoms with van der Waals surface area (Å²) >= 11 is 0. The Balaban J connectivity index is 1.83. The fourth-order valence-electron chi connectivity index (χ4n) is 3.43. The van der Waals surface area contributed by atoms with Gasteiger partial charge in [-0.05, 0) is 62.6 Å². The topological polar surface area (TPSA) is 105 Å². The SMILES string of the molecule is C[C@@H]1CCCCN1c1ccc(C(N)=O)cc1NC(=O)C(=O)Nc1cccc(F)c1. The molecule has 0 unspecified atom stereocenters. The van der Waals surface area contributed by atoms with Gasteiger partial charge in [0.1, 0.15) is 5.82 Å². The lowest BCUT2D eigenvalue weighted by Crippen LogP contribution is -2.38. The number of hydrogen-bond donors (Lipinski definition) is 3. The van der Waals surface area contributed by atoms with Crippen molar-refractivity contribution in [2.45, 2.75) is 32.2 Å². The molecule has 0 aromatic heterocycles. The highest BCUT2D eigenvalue weighted by Crippen LogP contribution is 2.32. The molecule has 1 aliphatic heterocycles. The van der Waals surface area contributed by atoms with Gasteiger partial charge in [-0.3, -0.25) is 14.4 Å². The van der Waals surface area contributed by atoms with Crippen LogP contribution in [0.15, 0.2) is 42.5 Å². The summed E-state index contributed by atoms with van der Waals surface area (Å²) in [6.07, 6.45) is 3.13. The third-order valence-corrected chi connectivity index (χ3v) is 4.93. The molecule has 8 heteroatoms. The second-order valence-electron chi connectivity index (χ2n) is 7.05. The predicted octanol–water partition coefficient (Wildman–Crippen LogP) is 2.88. The van der Waals surface area contributed by atoms with E-state index in [1.54, 1.807) is 12.1 Å². The number of piperidine rings is 1. The maximum atomic E-state index is 13.3. The molecule has 0 bridgehead atoms. The minimum absolute atomic E-state index is 0.168. The summed E-state index contributed by atoms with van der Waals surface area (Å²) < 4.78 is 13.3. The van der Waals surface area contributed by atoms with Gasteiger partial charge < -0.3 is 21.3 Å². The zero-order chi connectivity index (χ0) is 21.0. The Labute approximate surface area is 168 Å². The van der Waals surface area contributed by atoms with Gasteiger partial charge in [-0.2, -0.15) is 0 Å². The molecule has 1 heterocycles. The second-order valence-corrected chi connectivity index (χ2v) is 7.05. The van der Waals surface area contributed by atoms with E-state index in [-0.39, 0.29) is 17.3 Å². The normalized spacial score (nSPS) is 16.2. The summed E-state index contributed by atoms with van der Waals surface area (Å²) in [7, 11) is 0. The number of nitrogens with zero attached hydrogens (tertiary/aromatic N) is 1. The molecule has 29 heavy (non-hydrogen) atoms. The Hall–Kier alpha value is -3.42. The Kier molecular flexibility index (Phi) is 6.11. The number of carbonyl (C=O) groups excluding carboxylic acids is 3. The number of carbonyl (C=O) groups is 3. The van der Waals surface area contributed by atoms with Crippen LogP contribution in [-0.4, -0.2) is 30.3 Å². The molecule has 0 spiro atoms. The summed E-state index contributed by atoms with van der Waals surface area (Å²) in [4.78, 5) is 38.4. The zero-order valence-electron chi connectivity index (χ0n) is 16.1. The van der Waals surface area contributed by atoms with Crippen molar-refractivity contribution in [2.75, 3.05) is 22.1 Å². The van der Waals surface area contributed by atoms with E-state index in [9.17, 15) is 18.8 Å². The molecule has 4 N–H and O–H groups in total. The number of hydrogen-bond acceptors (Lipinski definition) is 4. The smallest absolute Gasteiger partial charge is 0.314 e. The van der Waals surface area contributed by atoms with Crippen LogP contribution in [0.5, 0.6) is 0 Å². The van der Waals surface area contributed by atoms with Crippen LogP contribution in [0.3, 0.4) is 0 Å². The molecule has 1 fully saturated rings. The van der Waals surface area contributed by atoms with Crippen LogP contribution in [0.25, 0.3) is 0 Å². The van der Waals surface area contributed by atoms with Crippen molar-refractivity contribution in [1.29, 1.82) is 0 Å². The molecule has 0 saturated carbocycles. The van der Waals surface area contributed by atoms with E-state index in [2.05, 4.69) is 22.5 Å². The first kappa shape index (κ1) is 20.3. The monoisotopic (exact) mass is 398 g/mol. The quantitative estimate of drug-likeness (QED) is 0.689. The Morgan fingerprint density at radius 2 is 1.83 bits per heavy atom. The second kappa shape index (κ2) is 8.72. The van der Waals surface area contributed by atoms with Crippen LogP contribution in [0.4, 0.5) is 21.5 Å². The van der Waals surface area contributed by atoms with Crippen molar-refractivity contribution in [1.82, 2.24) is 0 Å². The zero-order valence-corrected chi connectivity index (χ0v) is 16.1. The molecule has 1 atom stereocenters. The highest BCUT2D eigenvalue weighted by atomic mass is 19.1.